The van der Waals surface area contributed by atoms with Crippen LogP contribution in [-0.4, -0.2) is 26.2 Å². The van der Waals surface area contributed by atoms with Crippen LogP contribution in [0.3, 0.4) is 0 Å². The van der Waals surface area contributed by atoms with Crippen molar-refractivity contribution in [1.82, 2.24) is 0 Å². The van der Waals surface area contributed by atoms with Crippen LogP contribution in [0.4, 0.5) is 5.69 Å². The van der Waals surface area contributed by atoms with E-state index in [2.05, 4.69) is 26.1 Å². The van der Waals surface area contributed by atoms with Gasteiger partial charge in [-0.25, -0.2) is 0 Å². The number of hydrogen-bond donors (Lipinski definition) is 2. The van der Waals surface area contributed by atoms with Crippen molar-refractivity contribution in [3.8, 4) is 11.5 Å². The van der Waals surface area contributed by atoms with Crippen molar-refractivity contribution in [2.24, 2.45) is 11.1 Å². The summed E-state index contributed by atoms with van der Waals surface area (Å²) in [6.07, 6.45) is 1.06. The number of hydrogen-bond acceptors (Lipinski definition) is 4. The molecule has 0 bridgehead atoms. The Kier molecular flexibility index (Phi) is 6.03. The van der Waals surface area contributed by atoms with Crippen LogP contribution in [0.2, 0.25) is 0 Å². The number of carbonyl (C=O) groups excluding carboxylic acids is 1. The van der Waals surface area contributed by atoms with Crippen LogP contribution in [0.1, 0.15) is 33.6 Å². The van der Waals surface area contributed by atoms with Gasteiger partial charge in [-0.05, 0) is 24.0 Å². The number of amides is 1. The third kappa shape index (κ3) is 6.04. The molecule has 0 saturated heterocycles. The summed E-state index contributed by atoms with van der Waals surface area (Å²) in [6, 6.07) is 5.09. The Morgan fingerprint density at radius 2 is 1.95 bits per heavy atom. The highest BCUT2D eigenvalue weighted by Gasteiger charge is 2.19. The largest absolute Gasteiger partial charge is 0.497 e. The van der Waals surface area contributed by atoms with Gasteiger partial charge in [0, 0.05) is 18.5 Å². The first-order valence-electron chi connectivity index (χ1n) is 7.02. The summed E-state index contributed by atoms with van der Waals surface area (Å²) in [5.74, 6) is 1.12. The normalized spacial score (nSPS) is 12.7. The van der Waals surface area contributed by atoms with Gasteiger partial charge < -0.3 is 20.5 Å². The number of nitrogens with one attached hydrogen (secondary N) is 1. The van der Waals surface area contributed by atoms with Crippen LogP contribution in [-0.2, 0) is 4.79 Å². The number of methoxy groups -OCH3 is 2. The van der Waals surface area contributed by atoms with Crippen molar-refractivity contribution in [3.63, 3.8) is 0 Å². The lowest BCUT2D eigenvalue weighted by Crippen LogP contribution is -2.31. The summed E-state index contributed by atoms with van der Waals surface area (Å²) in [6.45, 7) is 6.32. The average Bonchev–Trinajstić information content (AvgIpc) is 2.35. The molecule has 0 fully saturated rings. The van der Waals surface area contributed by atoms with Gasteiger partial charge in [-0.3, -0.25) is 4.79 Å². The van der Waals surface area contributed by atoms with E-state index in [0.717, 1.165) is 6.42 Å². The molecule has 0 aromatic heterocycles. The van der Waals surface area contributed by atoms with Crippen molar-refractivity contribution in [2.75, 3.05) is 19.5 Å². The lowest BCUT2D eigenvalue weighted by molar-refractivity contribution is -0.116. The predicted molar refractivity (Wildman–Crippen MR) is 84.8 cm³/mol. The Morgan fingerprint density at radius 3 is 2.48 bits per heavy atom. The molecule has 0 aliphatic heterocycles. The number of rotatable bonds is 6. The minimum absolute atomic E-state index is 0.105. The fourth-order valence-corrected chi connectivity index (χ4v) is 2.21. The van der Waals surface area contributed by atoms with Crippen molar-refractivity contribution < 1.29 is 14.3 Å². The molecule has 3 N–H and O–H groups in total. The van der Waals surface area contributed by atoms with Gasteiger partial charge in [0.15, 0.2) is 0 Å². The van der Waals surface area contributed by atoms with E-state index in [1.165, 1.54) is 0 Å². The Bertz CT molecular complexity index is 481. The second-order valence-corrected chi connectivity index (χ2v) is 6.34. The Hall–Kier alpha value is -1.75. The number of nitrogens with two attached hydrogens (primary N) is 1. The van der Waals surface area contributed by atoms with Crippen molar-refractivity contribution in [2.45, 2.75) is 39.7 Å². The van der Waals surface area contributed by atoms with Gasteiger partial charge >= 0.3 is 0 Å². The molecule has 1 atom stereocenters. The minimum atomic E-state index is -0.165. The fourth-order valence-electron chi connectivity index (χ4n) is 2.21. The standard InChI is InChI=1S/C16H26N2O3/c1-16(2,3)10-11(17)8-15(19)18-13-9-12(20-4)6-7-14(13)21-5/h6-7,9,11H,8,10,17H2,1-5H3,(H,18,19). The van der Waals surface area contributed by atoms with Gasteiger partial charge in [0.25, 0.3) is 0 Å². The predicted octanol–water partition coefficient (Wildman–Crippen LogP) is 2.80. The van der Waals surface area contributed by atoms with E-state index in [-0.39, 0.29) is 23.8 Å². The molecule has 0 heterocycles. The topological polar surface area (TPSA) is 73.6 Å². The molecule has 0 aliphatic rings. The first-order chi connectivity index (χ1) is 9.75. The summed E-state index contributed by atoms with van der Waals surface area (Å²) in [4.78, 5) is 12.1. The van der Waals surface area contributed by atoms with E-state index in [1.807, 2.05) is 0 Å². The van der Waals surface area contributed by atoms with Crippen molar-refractivity contribution in [1.29, 1.82) is 0 Å². The van der Waals surface area contributed by atoms with Crippen molar-refractivity contribution in [3.05, 3.63) is 18.2 Å². The Balaban J connectivity index is 2.70. The van der Waals surface area contributed by atoms with E-state index >= 15 is 0 Å². The molecule has 5 heteroatoms. The third-order valence-corrected chi connectivity index (χ3v) is 3.00. The second-order valence-electron chi connectivity index (χ2n) is 6.34. The molecule has 0 spiro atoms. The van der Waals surface area contributed by atoms with Crippen LogP contribution in [0, 0.1) is 5.41 Å². The van der Waals surface area contributed by atoms with Gasteiger partial charge in [0.05, 0.1) is 19.9 Å². The molecule has 1 rings (SSSR count). The quantitative estimate of drug-likeness (QED) is 0.846. The van der Waals surface area contributed by atoms with Crippen molar-refractivity contribution >= 4 is 11.6 Å². The SMILES string of the molecule is COc1ccc(OC)c(NC(=O)CC(N)CC(C)(C)C)c1. The summed E-state index contributed by atoms with van der Waals surface area (Å²) >= 11 is 0. The Morgan fingerprint density at radius 1 is 1.29 bits per heavy atom. The van der Waals surface area contributed by atoms with Crippen LogP contribution >= 0.6 is 0 Å². The molecular formula is C16H26N2O3. The molecule has 5 nitrogen and oxygen atoms in total. The van der Waals surface area contributed by atoms with E-state index in [9.17, 15) is 4.79 Å². The summed E-state index contributed by atoms with van der Waals surface area (Å²) in [5, 5.41) is 2.83. The second kappa shape index (κ2) is 7.31. The molecule has 0 saturated carbocycles. The van der Waals surface area contributed by atoms with Crippen LogP contribution in [0.15, 0.2) is 18.2 Å². The lowest BCUT2D eigenvalue weighted by atomic mass is 9.87. The molecule has 1 amide bonds. The molecule has 0 aliphatic carbocycles. The molecule has 1 aromatic carbocycles. The zero-order valence-electron chi connectivity index (χ0n) is 13.5. The number of benzene rings is 1. The van der Waals surface area contributed by atoms with Crippen LogP contribution in [0.5, 0.6) is 11.5 Å². The maximum Gasteiger partial charge on any atom is 0.226 e. The number of ether oxygens (including phenoxy) is 2. The van der Waals surface area contributed by atoms with E-state index < -0.39 is 0 Å². The van der Waals surface area contributed by atoms with Crippen LogP contribution < -0.4 is 20.5 Å². The monoisotopic (exact) mass is 294 g/mol. The highest BCUT2D eigenvalue weighted by atomic mass is 16.5. The first-order valence-corrected chi connectivity index (χ1v) is 7.02. The molecule has 118 valence electrons. The fraction of sp³-hybridized carbons (Fsp3) is 0.562. The lowest BCUT2D eigenvalue weighted by Gasteiger charge is -2.22. The highest BCUT2D eigenvalue weighted by Crippen LogP contribution is 2.29. The average molecular weight is 294 g/mol. The number of carbonyl (C=O) groups is 1. The summed E-state index contributed by atoms with van der Waals surface area (Å²) in [5.41, 5.74) is 6.72. The minimum Gasteiger partial charge on any atom is -0.497 e. The zero-order chi connectivity index (χ0) is 16.0. The van der Waals surface area contributed by atoms with E-state index in [0.29, 0.717) is 17.2 Å². The third-order valence-electron chi connectivity index (χ3n) is 3.00. The van der Waals surface area contributed by atoms with Gasteiger partial charge in [-0.1, -0.05) is 20.8 Å². The van der Waals surface area contributed by atoms with Crippen LogP contribution in [0.25, 0.3) is 0 Å². The molecule has 21 heavy (non-hydrogen) atoms. The molecule has 0 radical (unpaired) electrons. The van der Waals surface area contributed by atoms with Gasteiger partial charge in [-0.2, -0.15) is 0 Å². The summed E-state index contributed by atoms with van der Waals surface area (Å²) < 4.78 is 10.4. The Labute approximate surface area is 126 Å². The molecule has 1 aromatic rings. The maximum atomic E-state index is 12.1. The first kappa shape index (κ1) is 17.3. The van der Waals surface area contributed by atoms with Gasteiger partial charge in [-0.15, -0.1) is 0 Å². The van der Waals surface area contributed by atoms with Gasteiger partial charge in [0.1, 0.15) is 11.5 Å². The molecular weight excluding hydrogens is 268 g/mol. The van der Waals surface area contributed by atoms with E-state index in [4.69, 9.17) is 15.2 Å². The number of anilines is 1. The molecule has 1 unspecified atom stereocenters. The maximum absolute atomic E-state index is 12.1. The summed E-state index contributed by atoms with van der Waals surface area (Å²) in [7, 11) is 3.13. The zero-order valence-corrected chi connectivity index (χ0v) is 13.5. The van der Waals surface area contributed by atoms with E-state index in [1.54, 1.807) is 32.4 Å². The van der Waals surface area contributed by atoms with Gasteiger partial charge in [0.2, 0.25) is 5.91 Å². The highest BCUT2D eigenvalue weighted by molar-refractivity contribution is 5.92. The smallest absolute Gasteiger partial charge is 0.226 e.